The van der Waals surface area contributed by atoms with Crippen molar-refractivity contribution in [1.82, 2.24) is 4.57 Å². The zero-order valence-electron chi connectivity index (χ0n) is 14.0. The van der Waals surface area contributed by atoms with Crippen LogP contribution in [0, 0.1) is 5.92 Å². The van der Waals surface area contributed by atoms with E-state index in [9.17, 15) is 9.59 Å². The number of carbonyl (C=O) groups excluding carboxylic acids is 1. The third-order valence-corrected chi connectivity index (χ3v) is 3.44. The van der Waals surface area contributed by atoms with E-state index in [1.807, 2.05) is 6.92 Å². The maximum Gasteiger partial charge on any atom is 0.418 e. The summed E-state index contributed by atoms with van der Waals surface area (Å²) in [5.41, 5.74) is 0.986. The van der Waals surface area contributed by atoms with Gasteiger partial charge in [-0.25, -0.2) is 9.79 Å². The number of methoxy groups -OCH3 is 1. The molecule has 2 heterocycles. The van der Waals surface area contributed by atoms with Gasteiger partial charge in [0, 0.05) is 24.1 Å². The molecular formula is C16H22N2O5. The first-order chi connectivity index (χ1) is 10.6. The monoisotopic (exact) mass is 322 g/mol. The van der Waals surface area contributed by atoms with E-state index in [0.29, 0.717) is 29.3 Å². The Morgan fingerprint density at radius 2 is 2.09 bits per heavy atom. The van der Waals surface area contributed by atoms with Crippen LogP contribution in [0.2, 0.25) is 0 Å². The van der Waals surface area contributed by atoms with E-state index in [1.165, 1.54) is 17.9 Å². The van der Waals surface area contributed by atoms with Crippen LogP contribution >= 0.6 is 0 Å². The van der Waals surface area contributed by atoms with E-state index < -0.39 is 17.7 Å². The van der Waals surface area contributed by atoms with Crippen LogP contribution in [0.15, 0.2) is 11.2 Å². The number of nitrogens with zero attached hydrogens (tertiary/aromatic N) is 2. The summed E-state index contributed by atoms with van der Waals surface area (Å²) in [5.74, 6) is -0.450. The number of hydrogen-bond donors (Lipinski definition) is 1. The highest BCUT2D eigenvalue weighted by Crippen LogP contribution is 2.35. The zero-order chi connectivity index (χ0) is 17.4. The molecule has 0 aromatic carbocycles. The standard InChI is InChI=1S/C16H22N2O5/c1-9-6-11-13(17-14(9)22-5)10(7-12(19)20)8-18(11)15(21)23-16(2,3)4/h8-9H,6-7H2,1-5H3,(H,19,20). The molecule has 0 spiro atoms. The Kier molecular flexibility index (Phi) is 4.49. The highest BCUT2D eigenvalue weighted by atomic mass is 16.6. The smallest absolute Gasteiger partial charge is 0.418 e. The van der Waals surface area contributed by atoms with Crippen LogP contribution in [-0.4, -0.2) is 40.3 Å². The molecule has 1 N–H and O–H groups in total. The number of hydrogen-bond acceptors (Lipinski definition) is 5. The molecule has 1 unspecified atom stereocenters. The number of aromatic nitrogens is 1. The van der Waals surface area contributed by atoms with Gasteiger partial charge in [-0.05, 0) is 20.8 Å². The second kappa shape index (κ2) is 6.06. The van der Waals surface area contributed by atoms with Crippen LogP contribution in [0.1, 0.15) is 39.0 Å². The molecule has 1 atom stereocenters. The Bertz CT molecular complexity index is 667. The highest BCUT2D eigenvalue weighted by Gasteiger charge is 2.30. The second-order valence-corrected chi connectivity index (χ2v) is 6.63. The van der Waals surface area contributed by atoms with Crippen LogP contribution in [-0.2, 0) is 27.1 Å². The Labute approximate surface area is 134 Å². The molecule has 0 amide bonds. The van der Waals surface area contributed by atoms with Crippen molar-refractivity contribution in [1.29, 1.82) is 0 Å². The van der Waals surface area contributed by atoms with Crippen LogP contribution in [0.4, 0.5) is 10.5 Å². The molecule has 1 aliphatic rings. The Morgan fingerprint density at radius 1 is 1.43 bits per heavy atom. The molecule has 0 fully saturated rings. The Morgan fingerprint density at radius 3 is 2.61 bits per heavy atom. The van der Waals surface area contributed by atoms with Gasteiger partial charge < -0.3 is 14.6 Å². The quantitative estimate of drug-likeness (QED) is 0.904. The van der Waals surface area contributed by atoms with Crippen molar-refractivity contribution < 1.29 is 24.2 Å². The number of ether oxygens (including phenoxy) is 2. The topological polar surface area (TPSA) is 90.1 Å². The lowest BCUT2D eigenvalue weighted by Gasteiger charge is -2.23. The first-order valence-corrected chi connectivity index (χ1v) is 7.43. The van der Waals surface area contributed by atoms with Gasteiger partial charge in [0.05, 0.1) is 24.9 Å². The minimum Gasteiger partial charge on any atom is -0.484 e. The fourth-order valence-corrected chi connectivity index (χ4v) is 2.54. The summed E-state index contributed by atoms with van der Waals surface area (Å²) >= 11 is 0. The lowest BCUT2D eigenvalue weighted by molar-refractivity contribution is -0.136. The second-order valence-electron chi connectivity index (χ2n) is 6.63. The molecule has 0 aliphatic carbocycles. The van der Waals surface area contributed by atoms with Gasteiger partial charge in [0.2, 0.25) is 0 Å². The molecule has 0 saturated carbocycles. The molecule has 0 bridgehead atoms. The van der Waals surface area contributed by atoms with Gasteiger partial charge in [-0.3, -0.25) is 9.36 Å². The molecule has 0 saturated heterocycles. The zero-order valence-corrected chi connectivity index (χ0v) is 14.0. The van der Waals surface area contributed by atoms with Crippen molar-refractivity contribution in [2.75, 3.05) is 7.11 Å². The number of fused-ring (bicyclic) bond motifs is 1. The molecule has 1 aromatic heterocycles. The van der Waals surface area contributed by atoms with Crippen LogP contribution < -0.4 is 0 Å². The van der Waals surface area contributed by atoms with Crippen LogP contribution in [0.5, 0.6) is 0 Å². The predicted octanol–water partition coefficient (Wildman–Crippen LogP) is 2.77. The number of carboxylic acid groups (broad SMARTS) is 1. The normalized spacial score (nSPS) is 17.3. The van der Waals surface area contributed by atoms with E-state index in [0.717, 1.165) is 0 Å². The number of rotatable bonds is 2. The Hall–Kier alpha value is -2.31. The van der Waals surface area contributed by atoms with Gasteiger partial charge in [0.25, 0.3) is 0 Å². The number of aliphatic imine (C=N–C) groups is 1. The minimum atomic E-state index is -0.984. The molecule has 7 nitrogen and oxygen atoms in total. The number of aliphatic carboxylic acids is 1. The van der Waals surface area contributed by atoms with Gasteiger partial charge >= 0.3 is 12.1 Å². The summed E-state index contributed by atoms with van der Waals surface area (Å²) in [6.45, 7) is 7.28. The van der Waals surface area contributed by atoms with E-state index in [4.69, 9.17) is 14.6 Å². The lowest BCUT2D eigenvalue weighted by Crippen LogP contribution is -2.29. The predicted molar refractivity (Wildman–Crippen MR) is 84.4 cm³/mol. The SMILES string of the molecule is COC1=Nc2c(CC(=O)O)cn(C(=O)OC(C)(C)C)c2CC1C. The summed E-state index contributed by atoms with van der Waals surface area (Å²) in [6.07, 6.45) is 1.28. The van der Waals surface area contributed by atoms with Crippen molar-refractivity contribution in [2.24, 2.45) is 10.9 Å². The number of carbonyl (C=O) groups is 2. The first kappa shape index (κ1) is 17.1. The molecule has 23 heavy (non-hydrogen) atoms. The summed E-state index contributed by atoms with van der Waals surface area (Å²) < 4.78 is 12.0. The van der Waals surface area contributed by atoms with E-state index in [1.54, 1.807) is 20.8 Å². The van der Waals surface area contributed by atoms with Gasteiger partial charge in [0.15, 0.2) is 5.90 Å². The molecule has 126 valence electrons. The van der Waals surface area contributed by atoms with E-state index in [-0.39, 0.29) is 12.3 Å². The lowest BCUT2D eigenvalue weighted by atomic mass is 10.00. The van der Waals surface area contributed by atoms with E-state index in [2.05, 4.69) is 4.99 Å². The summed E-state index contributed by atoms with van der Waals surface area (Å²) in [7, 11) is 1.53. The Balaban J connectivity index is 2.50. The van der Waals surface area contributed by atoms with Crippen molar-refractivity contribution in [3.8, 4) is 0 Å². The molecule has 7 heteroatoms. The highest BCUT2D eigenvalue weighted by molar-refractivity contribution is 5.88. The molecule has 1 aromatic rings. The van der Waals surface area contributed by atoms with E-state index >= 15 is 0 Å². The average molecular weight is 322 g/mol. The average Bonchev–Trinajstić information content (AvgIpc) is 2.73. The summed E-state index contributed by atoms with van der Waals surface area (Å²) in [4.78, 5) is 27.9. The third kappa shape index (κ3) is 3.72. The molecule has 0 radical (unpaired) electrons. The van der Waals surface area contributed by atoms with Crippen molar-refractivity contribution in [3.63, 3.8) is 0 Å². The summed E-state index contributed by atoms with van der Waals surface area (Å²) in [6, 6.07) is 0. The third-order valence-electron chi connectivity index (χ3n) is 3.44. The van der Waals surface area contributed by atoms with Crippen molar-refractivity contribution >= 4 is 23.6 Å². The maximum absolute atomic E-state index is 12.4. The summed E-state index contributed by atoms with van der Waals surface area (Å²) in [5, 5.41) is 9.07. The molecule has 2 rings (SSSR count). The van der Waals surface area contributed by atoms with Gasteiger partial charge in [0.1, 0.15) is 5.60 Å². The van der Waals surface area contributed by atoms with Gasteiger partial charge in [-0.2, -0.15) is 0 Å². The van der Waals surface area contributed by atoms with Gasteiger partial charge in [-0.15, -0.1) is 0 Å². The van der Waals surface area contributed by atoms with Crippen molar-refractivity contribution in [3.05, 3.63) is 17.5 Å². The largest absolute Gasteiger partial charge is 0.484 e. The molecule has 1 aliphatic heterocycles. The van der Waals surface area contributed by atoms with Crippen LogP contribution in [0.3, 0.4) is 0 Å². The first-order valence-electron chi connectivity index (χ1n) is 7.43. The molecular weight excluding hydrogens is 300 g/mol. The van der Waals surface area contributed by atoms with Crippen LogP contribution in [0.25, 0.3) is 0 Å². The van der Waals surface area contributed by atoms with Crippen molar-refractivity contribution in [2.45, 2.75) is 46.1 Å². The fourth-order valence-electron chi connectivity index (χ4n) is 2.54. The fraction of sp³-hybridized carbons (Fsp3) is 0.562. The minimum absolute atomic E-state index is 0.00117. The number of carboxylic acids is 1. The van der Waals surface area contributed by atoms with Gasteiger partial charge in [-0.1, -0.05) is 6.92 Å². The maximum atomic E-state index is 12.4.